The first-order valence-corrected chi connectivity index (χ1v) is 4.24. The van der Waals surface area contributed by atoms with E-state index in [0.717, 1.165) is 6.92 Å². The van der Waals surface area contributed by atoms with Crippen LogP contribution < -0.4 is 0 Å². The van der Waals surface area contributed by atoms with Crippen LogP contribution in [0.2, 0.25) is 0 Å². The molecule has 1 rings (SSSR count). The minimum atomic E-state index is -4.15. The van der Waals surface area contributed by atoms with Crippen molar-refractivity contribution in [1.29, 1.82) is 0 Å². The van der Waals surface area contributed by atoms with Gasteiger partial charge in [0.2, 0.25) is 0 Å². The van der Waals surface area contributed by atoms with E-state index >= 15 is 0 Å². The summed E-state index contributed by atoms with van der Waals surface area (Å²) in [5.41, 5.74) is 0.577. The van der Waals surface area contributed by atoms with Gasteiger partial charge in [-0.1, -0.05) is 19.1 Å². The molecule has 0 aliphatic rings. The lowest BCUT2D eigenvalue weighted by Gasteiger charge is -2.15. The van der Waals surface area contributed by atoms with E-state index in [2.05, 4.69) is 0 Å². The molecule has 1 atom stereocenters. The maximum atomic E-state index is 12.2. The van der Waals surface area contributed by atoms with Crippen molar-refractivity contribution in [3.8, 4) is 5.75 Å². The number of rotatable bonds is 2. The quantitative estimate of drug-likeness (QED) is 0.784. The van der Waals surface area contributed by atoms with Crippen LogP contribution in [0.1, 0.15) is 12.5 Å². The van der Waals surface area contributed by atoms with Crippen molar-refractivity contribution in [2.24, 2.45) is 5.92 Å². The van der Waals surface area contributed by atoms with Crippen LogP contribution >= 0.6 is 0 Å². The van der Waals surface area contributed by atoms with Gasteiger partial charge in [-0.3, -0.25) is 0 Å². The van der Waals surface area contributed by atoms with Gasteiger partial charge >= 0.3 is 6.18 Å². The van der Waals surface area contributed by atoms with Crippen LogP contribution in [0, 0.1) is 5.92 Å². The lowest BCUT2D eigenvalue weighted by molar-refractivity contribution is -0.169. The van der Waals surface area contributed by atoms with Crippen molar-refractivity contribution in [2.75, 3.05) is 0 Å². The van der Waals surface area contributed by atoms with Gasteiger partial charge in [-0.25, -0.2) is 0 Å². The van der Waals surface area contributed by atoms with Crippen LogP contribution in [-0.2, 0) is 6.42 Å². The van der Waals surface area contributed by atoms with Gasteiger partial charge in [0.15, 0.2) is 0 Å². The maximum absolute atomic E-state index is 12.2. The Morgan fingerprint density at radius 1 is 1.21 bits per heavy atom. The maximum Gasteiger partial charge on any atom is 0.391 e. The molecule has 1 aromatic carbocycles. The van der Waals surface area contributed by atoms with E-state index in [-0.39, 0.29) is 12.2 Å². The van der Waals surface area contributed by atoms with Crippen LogP contribution in [-0.4, -0.2) is 11.3 Å². The summed E-state index contributed by atoms with van der Waals surface area (Å²) in [4.78, 5) is 0. The van der Waals surface area contributed by atoms with E-state index in [0.29, 0.717) is 5.56 Å². The topological polar surface area (TPSA) is 20.2 Å². The zero-order chi connectivity index (χ0) is 10.8. The molecule has 0 heterocycles. The van der Waals surface area contributed by atoms with E-state index in [1.165, 1.54) is 24.3 Å². The molecule has 1 N–H and O–H groups in total. The normalized spacial score (nSPS) is 14.0. The van der Waals surface area contributed by atoms with Crippen molar-refractivity contribution in [3.05, 3.63) is 29.8 Å². The number of hydrogen-bond donors (Lipinski definition) is 1. The molecule has 0 bridgehead atoms. The molecule has 0 spiro atoms. The van der Waals surface area contributed by atoms with Gasteiger partial charge in [-0.05, 0) is 24.1 Å². The van der Waals surface area contributed by atoms with Crippen molar-refractivity contribution in [2.45, 2.75) is 19.5 Å². The number of benzene rings is 1. The molecule has 0 amide bonds. The highest BCUT2D eigenvalue weighted by Crippen LogP contribution is 2.28. The average Bonchev–Trinajstić information content (AvgIpc) is 2.07. The van der Waals surface area contributed by atoms with E-state index < -0.39 is 12.1 Å². The number of hydrogen-bond acceptors (Lipinski definition) is 1. The predicted octanol–water partition coefficient (Wildman–Crippen LogP) is 3.13. The van der Waals surface area contributed by atoms with Crippen molar-refractivity contribution >= 4 is 0 Å². The van der Waals surface area contributed by atoms with Crippen LogP contribution in [0.25, 0.3) is 0 Å². The fraction of sp³-hybridized carbons (Fsp3) is 0.400. The number of alkyl halides is 3. The van der Waals surface area contributed by atoms with Gasteiger partial charge in [-0.2, -0.15) is 13.2 Å². The standard InChI is InChI=1S/C10H11F3O/c1-7(10(11,12)13)6-8-2-4-9(14)5-3-8/h2-5,7,14H,6H2,1H3. The molecule has 1 nitrogen and oxygen atoms in total. The molecular weight excluding hydrogens is 193 g/mol. The third kappa shape index (κ3) is 2.94. The molecule has 0 aliphatic heterocycles. The van der Waals surface area contributed by atoms with Gasteiger partial charge in [-0.15, -0.1) is 0 Å². The van der Waals surface area contributed by atoms with E-state index in [1.807, 2.05) is 0 Å². The van der Waals surface area contributed by atoms with Gasteiger partial charge in [0.1, 0.15) is 5.75 Å². The molecule has 0 aromatic heterocycles. The number of aromatic hydroxyl groups is 1. The Morgan fingerprint density at radius 2 is 1.71 bits per heavy atom. The summed E-state index contributed by atoms with van der Waals surface area (Å²) in [5.74, 6) is -1.29. The van der Waals surface area contributed by atoms with E-state index in [9.17, 15) is 13.2 Å². The summed E-state index contributed by atoms with van der Waals surface area (Å²) < 4.78 is 36.5. The first kappa shape index (κ1) is 10.9. The summed E-state index contributed by atoms with van der Waals surface area (Å²) in [6, 6.07) is 5.77. The molecule has 0 saturated carbocycles. The minimum absolute atomic E-state index is 0.0518. The van der Waals surface area contributed by atoms with Gasteiger partial charge in [0.05, 0.1) is 5.92 Å². The first-order chi connectivity index (χ1) is 6.39. The second-order valence-corrected chi connectivity index (χ2v) is 3.31. The molecule has 4 heteroatoms. The molecule has 0 saturated heterocycles. The highest BCUT2D eigenvalue weighted by molar-refractivity contribution is 5.26. The molecule has 0 radical (unpaired) electrons. The third-order valence-corrected chi connectivity index (χ3v) is 2.04. The van der Waals surface area contributed by atoms with Crippen LogP contribution in [0.15, 0.2) is 24.3 Å². The van der Waals surface area contributed by atoms with Gasteiger partial charge in [0.25, 0.3) is 0 Å². The summed E-state index contributed by atoms with van der Waals surface area (Å²) in [7, 11) is 0. The lowest BCUT2D eigenvalue weighted by atomic mass is 10.0. The Balaban J connectivity index is 2.65. The predicted molar refractivity (Wildman–Crippen MR) is 47.0 cm³/mol. The van der Waals surface area contributed by atoms with E-state index in [4.69, 9.17) is 5.11 Å². The fourth-order valence-electron chi connectivity index (χ4n) is 1.10. The highest BCUT2D eigenvalue weighted by Gasteiger charge is 2.35. The number of halogens is 3. The SMILES string of the molecule is CC(Cc1ccc(O)cc1)C(F)(F)F. The average molecular weight is 204 g/mol. The second-order valence-electron chi connectivity index (χ2n) is 3.31. The number of phenolic OH excluding ortho intramolecular Hbond substituents is 1. The molecular formula is C10H11F3O. The Morgan fingerprint density at radius 3 is 2.14 bits per heavy atom. The van der Waals surface area contributed by atoms with Gasteiger partial charge in [0, 0.05) is 0 Å². The molecule has 0 aliphatic carbocycles. The van der Waals surface area contributed by atoms with Crippen LogP contribution in [0.5, 0.6) is 5.75 Å². The zero-order valence-electron chi connectivity index (χ0n) is 7.67. The van der Waals surface area contributed by atoms with Crippen molar-refractivity contribution in [1.82, 2.24) is 0 Å². The second kappa shape index (κ2) is 3.90. The Bertz CT molecular complexity index is 289. The smallest absolute Gasteiger partial charge is 0.391 e. The highest BCUT2D eigenvalue weighted by atomic mass is 19.4. The van der Waals surface area contributed by atoms with Crippen LogP contribution in [0.3, 0.4) is 0 Å². The summed E-state index contributed by atoms with van der Waals surface area (Å²) >= 11 is 0. The van der Waals surface area contributed by atoms with Crippen molar-refractivity contribution < 1.29 is 18.3 Å². The van der Waals surface area contributed by atoms with E-state index in [1.54, 1.807) is 0 Å². The number of phenols is 1. The largest absolute Gasteiger partial charge is 0.508 e. The lowest BCUT2D eigenvalue weighted by Crippen LogP contribution is -2.21. The Hall–Kier alpha value is -1.19. The Labute approximate surface area is 80.2 Å². The van der Waals surface area contributed by atoms with Gasteiger partial charge < -0.3 is 5.11 Å². The summed E-state index contributed by atoms with van der Waals surface area (Å²) in [6.45, 7) is 1.15. The van der Waals surface area contributed by atoms with Crippen molar-refractivity contribution in [3.63, 3.8) is 0 Å². The molecule has 78 valence electrons. The van der Waals surface area contributed by atoms with Crippen LogP contribution in [0.4, 0.5) is 13.2 Å². The summed E-state index contributed by atoms with van der Waals surface area (Å²) in [5, 5.41) is 8.93. The summed E-state index contributed by atoms with van der Waals surface area (Å²) in [6.07, 6.45) is -4.21. The minimum Gasteiger partial charge on any atom is -0.508 e. The third-order valence-electron chi connectivity index (χ3n) is 2.04. The Kier molecular flexibility index (Phi) is 3.03. The zero-order valence-corrected chi connectivity index (χ0v) is 7.67. The fourth-order valence-corrected chi connectivity index (χ4v) is 1.10. The molecule has 1 aromatic rings. The monoisotopic (exact) mass is 204 g/mol. The molecule has 14 heavy (non-hydrogen) atoms. The molecule has 1 unspecified atom stereocenters. The molecule has 0 fully saturated rings. The first-order valence-electron chi connectivity index (χ1n) is 4.24.